The Bertz CT molecular complexity index is 1150. The van der Waals surface area contributed by atoms with Crippen LogP contribution in [0.25, 0.3) is 6.08 Å². The van der Waals surface area contributed by atoms with Gasteiger partial charge in [0.05, 0.1) is 11.6 Å². The number of rotatable bonds is 7. The van der Waals surface area contributed by atoms with Crippen LogP contribution in [0.2, 0.25) is 5.02 Å². The number of carbonyl (C=O) groups is 3. The molecule has 1 N–H and O–H groups in total. The van der Waals surface area contributed by atoms with Gasteiger partial charge < -0.3 is 14.8 Å². The maximum Gasteiger partial charge on any atom is 0.265 e. The molecule has 1 aliphatic rings. The Hall–Kier alpha value is -3.43. The lowest BCUT2D eigenvalue weighted by molar-refractivity contribution is -0.132. The molecule has 10 heteroatoms. The molecule has 3 amide bonds. The fourth-order valence-electron chi connectivity index (χ4n) is 3.19. The van der Waals surface area contributed by atoms with E-state index in [0.717, 1.165) is 5.56 Å². The summed E-state index contributed by atoms with van der Waals surface area (Å²) in [6.45, 7) is 3.75. The van der Waals surface area contributed by atoms with Crippen molar-refractivity contribution in [2.45, 2.75) is 13.8 Å². The fourth-order valence-corrected chi connectivity index (χ4v) is 3.63. The summed E-state index contributed by atoms with van der Waals surface area (Å²) in [6, 6.07) is 10.5. The predicted octanol–water partition coefficient (Wildman–Crippen LogP) is 3.66. The summed E-state index contributed by atoms with van der Waals surface area (Å²) in [5.41, 5.74) is 2.11. The number of hydrogen-bond acceptors (Lipinski definition) is 6. The first kappa shape index (κ1) is 25.2. The molecule has 1 fully saturated rings. The summed E-state index contributed by atoms with van der Waals surface area (Å²) in [7, 11) is 3.00. The zero-order valence-electron chi connectivity index (χ0n) is 19.2. The second kappa shape index (κ2) is 10.7. The third-order valence-electron chi connectivity index (χ3n) is 4.97. The van der Waals surface area contributed by atoms with Gasteiger partial charge in [-0.15, -0.1) is 0 Å². The van der Waals surface area contributed by atoms with Gasteiger partial charge in [-0.1, -0.05) is 29.3 Å². The van der Waals surface area contributed by atoms with Crippen molar-refractivity contribution in [2.24, 2.45) is 0 Å². The van der Waals surface area contributed by atoms with E-state index in [1.54, 1.807) is 25.1 Å². The standard InChI is InChI=1S/C24H24ClN3O5S/c1-5-32-19-12-15(10-17-22(30)27(3)24(34)28(4)23(17)31)11-18(25)21(19)33-13-20(29)26-16-8-6-14(2)7-9-16/h6-12H,5,13H2,1-4H3,(H,26,29). The molecule has 0 atom stereocenters. The molecule has 0 saturated carbocycles. The van der Waals surface area contributed by atoms with Gasteiger partial charge >= 0.3 is 0 Å². The molecule has 0 spiro atoms. The number of nitrogens with one attached hydrogen (secondary N) is 1. The fraction of sp³-hybridized carbons (Fsp3) is 0.250. The zero-order valence-corrected chi connectivity index (χ0v) is 20.7. The van der Waals surface area contributed by atoms with Crippen molar-refractivity contribution in [1.82, 2.24) is 9.80 Å². The minimum Gasteiger partial charge on any atom is -0.490 e. The summed E-state index contributed by atoms with van der Waals surface area (Å²) in [4.78, 5) is 39.9. The number of thiocarbonyl (C=S) groups is 1. The number of anilines is 1. The first-order valence-electron chi connectivity index (χ1n) is 10.4. The second-order valence-corrected chi connectivity index (χ2v) is 8.31. The molecule has 0 aromatic heterocycles. The number of nitrogens with zero attached hydrogens (tertiary/aromatic N) is 2. The molecule has 0 radical (unpaired) electrons. The predicted molar refractivity (Wildman–Crippen MR) is 134 cm³/mol. The maximum absolute atomic E-state index is 12.6. The van der Waals surface area contributed by atoms with E-state index in [2.05, 4.69) is 5.32 Å². The van der Waals surface area contributed by atoms with E-state index < -0.39 is 11.8 Å². The largest absolute Gasteiger partial charge is 0.490 e. The van der Waals surface area contributed by atoms with Gasteiger partial charge in [-0.2, -0.15) is 0 Å². The monoisotopic (exact) mass is 501 g/mol. The molecular formula is C24H24ClN3O5S. The molecule has 0 aliphatic carbocycles. The molecule has 0 bridgehead atoms. The van der Waals surface area contributed by atoms with Crippen molar-refractivity contribution in [3.8, 4) is 11.5 Å². The van der Waals surface area contributed by atoms with Crippen molar-refractivity contribution < 1.29 is 23.9 Å². The quantitative estimate of drug-likeness (QED) is 0.354. The van der Waals surface area contributed by atoms with Crippen molar-refractivity contribution in [2.75, 3.05) is 32.6 Å². The van der Waals surface area contributed by atoms with Crippen molar-refractivity contribution in [3.05, 3.63) is 58.1 Å². The van der Waals surface area contributed by atoms with Gasteiger partial charge in [-0.05, 0) is 62.0 Å². The minimum atomic E-state index is -0.518. The number of hydrogen-bond donors (Lipinski definition) is 1. The molecule has 1 aliphatic heterocycles. The molecule has 1 heterocycles. The van der Waals surface area contributed by atoms with Crippen LogP contribution in [0, 0.1) is 6.92 Å². The molecule has 178 valence electrons. The number of benzene rings is 2. The number of aryl methyl sites for hydroxylation is 1. The highest BCUT2D eigenvalue weighted by molar-refractivity contribution is 7.80. The Kier molecular flexibility index (Phi) is 7.90. The Morgan fingerprint density at radius 1 is 1.09 bits per heavy atom. The summed E-state index contributed by atoms with van der Waals surface area (Å²) < 4.78 is 11.3. The normalized spacial score (nSPS) is 13.8. The highest BCUT2D eigenvalue weighted by Crippen LogP contribution is 2.37. The Labute approximate surface area is 208 Å². The average Bonchev–Trinajstić information content (AvgIpc) is 2.80. The average molecular weight is 502 g/mol. The van der Waals surface area contributed by atoms with E-state index in [0.29, 0.717) is 17.9 Å². The van der Waals surface area contributed by atoms with Crippen LogP contribution >= 0.6 is 23.8 Å². The van der Waals surface area contributed by atoms with E-state index in [9.17, 15) is 14.4 Å². The van der Waals surface area contributed by atoms with Crippen LogP contribution < -0.4 is 14.8 Å². The first-order valence-corrected chi connectivity index (χ1v) is 11.2. The third-order valence-corrected chi connectivity index (χ3v) is 5.80. The highest BCUT2D eigenvalue weighted by atomic mass is 35.5. The van der Waals surface area contributed by atoms with Crippen LogP contribution in [0.5, 0.6) is 11.5 Å². The topological polar surface area (TPSA) is 88.2 Å². The van der Waals surface area contributed by atoms with Gasteiger partial charge in [0, 0.05) is 19.8 Å². The molecule has 2 aromatic rings. The van der Waals surface area contributed by atoms with Gasteiger partial charge in [-0.25, -0.2) is 0 Å². The lowest BCUT2D eigenvalue weighted by Crippen LogP contribution is -2.52. The lowest BCUT2D eigenvalue weighted by atomic mass is 10.1. The highest BCUT2D eigenvalue weighted by Gasteiger charge is 2.35. The van der Waals surface area contributed by atoms with Gasteiger partial charge in [-0.3, -0.25) is 24.2 Å². The maximum atomic E-state index is 12.6. The molecular weight excluding hydrogens is 478 g/mol. The van der Waals surface area contributed by atoms with Crippen molar-refractivity contribution in [1.29, 1.82) is 0 Å². The van der Waals surface area contributed by atoms with Crippen LogP contribution in [0.3, 0.4) is 0 Å². The Morgan fingerprint density at radius 2 is 1.71 bits per heavy atom. The number of likely N-dealkylation sites (N-methyl/N-ethyl adjacent to an activating group) is 2. The van der Waals surface area contributed by atoms with Crippen LogP contribution in [0.15, 0.2) is 42.0 Å². The number of ether oxygens (including phenoxy) is 2. The van der Waals surface area contributed by atoms with Gasteiger partial charge in [0.15, 0.2) is 23.2 Å². The van der Waals surface area contributed by atoms with E-state index in [1.807, 2.05) is 19.1 Å². The molecule has 34 heavy (non-hydrogen) atoms. The van der Waals surface area contributed by atoms with E-state index in [-0.39, 0.29) is 39.7 Å². The molecule has 1 saturated heterocycles. The van der Waals surface area contributed by atoms with Crippen molar-refractivity contribution in [3.63, 3.8) is 0 Å². The molecule has 3 rings (SSSR count). The van der Waals surface area contributed by atoms with Crippen molar-refractivity contribution >= 4 is 58.4 Å². The molecule has 0 unspecified atom stereocenters. The smallest absolute Gasteiger partial charge is 0.265 e. The van der Waals surface area contributed by atoms with Crippen LogP contribution in [-0.4, -0.2) is 59.9 Å². The summed E-state index contributed by atoms with van der Waals surface area (Å²) in [5, 5.41) is 3.02. The number of halogens is 1. The van der Waals surface area contributed by atoms with E-state index in [4.69, 9.17) is 33.3 Å². The van der Waals surface area contributed by atoms with Crippen LogP contribution in [0.1, 0.15) is 18.1 Å². The van der Waals surface area contributed by atoms with Crippen LogP contribution in [0.4, 0.5) is 5.69 Å². The van der Waals surface area contributed by atoms with Gasteiger partial charge in [0.1, 0.15) is 5.57 Å². The summed E-state index contributed by atoms with van der Waals surface area (Å²) in [5.74, 6) is -0.945. The summed E-state index contributed by atoms with van der Waals surface area (Å²) >= 11 is 11.5. The Balaban J connectivity index is 1.82. The minimum absolute atomic E-state index is 0.0664. The lowest BCUT2D eigenvalue weighted by Gasteiger charge is -2.31. The summed E-state index contributed by atoms with van der Waals surface area (Å²) in [6.07, 6.45) is 1.42. The third kappa shape index (κ3) is 5.55. The Morgan fingerprint density at radius 3 is 2.29 bits per heavy atom. The molecule has 8 nitrogen and oxygen atoms in total. The molecule has 2 aromatic carbocycles. The van der Waals surface area contributed by atoms with E-state index >= 15 is 0 Å². The second-order valence-electron chi connectivity index (χ2n) is 7.53. The van der Waals surface area contributed by atoms with Crippen LogP contribution in [-0.2, 0) is 14.4 Å². The van der Waals surface area contributed by atoms with Gasteiger partial charge in [0.25, 0.3) is 17.7 Å². The first-order chi connectivity index (χ1) is 16.1. The number of carbonyl (C=O) groups excluding carboxylic acids is 3. The van der Waals surface area contributed by atoms with Gasteiger partial charge in [0.2, 0.25) is 0 Å². The SMILES string of the molecule is CCOc1cc(C=C2C(=O)N(C)C(=S)N(C)C2=O)cc(Cl)c1OCC(=O)Nc1ccc(C)cc1. The van der Waals surface area contributed by atoms with E-state index in [1.165, 1.54) is 36.0 Å². The number of amides is 3. The zero-order chi connectivity index (χ0) is 25.0.